The lowest BCUT2D eigenvalue weighted by Crippen LogP contribution is -2.14. The third-order valence-electron chi connectivity index (χ3n) is 0.939. The molecule has 0 aliphatic rings. The summed E-state index contributed by atoms with van der Waals surface area (Å²) in [7, 11) is 0. The summed E-state index contributed by atoms with van der Waals surface area (Å²) in [5, 5.41) is 13.4. The Kier molecular flexibility index (Phi) is 2.32. The van der Waals surface area contributed by atoms with Crippen molar-refractivity contribution in [3.05, 3.63) is 12.2 Å². The van der Waals surface area contributed by atoms with E-state index in [9.17, 15) is 0 Å². The quantitative estimate of drug-likeness (QED) is 0.340. The largest absolute Gasteiger partial charge is 0.379 e. The van der Waals surface area contributed by atoms with E-state index in [1.54, 1.807) is 6.92 Å². The molecule has 1 aromatic rings. The van der Waals surface area contributed by atoms with Crippen LogP contribution in [0.4, 0.5) is 0 Å². The maximum absolute atomic E-state index is 5.43. The minimum absolute atomic E-state index is 0.223. The SMILES string of the molecule is C/C=N\N=C(/N)c1ncn[nH]1. The number of H-pyrrole nitrogens is 1. The van der Waals surface area contributed by atoms with Gasteiger partial charge in [-0.2, -0.15) is 10.2 Å². The van der Waals surface area contributed by atoms with Crippen LogP contribution in [0.2, 0.25) is 0 Å². The third kappa shape index (κ3) is 1.85. The average Bonchev–Trinajstić information content (AvgIpc) is 2.52. The van der Waals surface area contributed by atoms with E-state index >= 15 is 0 Å². The van der Waals surface area contributed by atoms with Gasteiger partial charge in [0, 0.05) is 6.21 Å². The van der Waals surface area contributed by atoms with E-state index in [1.807, 2.05) is 0 Å². The Balaban J connectivity index is 2.77. The lowest BCUT2D eigenvalue weighted by molar-refractivity contribution is 1.07. The first-order chi connectivity index (χ1) is 5.34. The normalized spacial score (nSPS) is 12.6. The van der Waals surface area contributed by atoms with E-state index < -0.39 is 0 Å². The third-order valence-corrected chi connectivity index (χ3v) is 0.939. The fourth-order valence-electron chi connectivity index (χ4n) is 0.496. The molecular weight excluding hydrogens is 144 g/mol. The molecule has 0 spiro atoms. The first-order valence-electron chi connectivity index (χ1n) is 3.01. The molecular formula is C5H8N6. The van der Waals surface area contributed by atoms with Crippen LogP contribution in [-0.4, -0.2) is 27.2 Å². The minimum atomic E-state index is 0.223. The van der Waals surface area contributed by atoms with Gasteiger partial charge < -0.3 is 5.73 Å². The highest BCUT2D eigenvalue weighted by atomic mass is 15.3. The lowest BCUT2D eigenvalue weighted by Gasteiger charge is -1.88. The molecule has 0 radical (unpaired) electrons. The zero-order valence-corrected chi connectivity index (χ0v) is 6.02. The number of nitrogens with two attached hydrogens (primary N) is 1. The van der Waals surface area contributed by atoms with Crippen LogP contribution in [0.3, 0.4) is 0 Å². The van der Waals surface area contributed by atoms with Crippen molar-refractivity contribution in [3.63, 3.8) is 0 Å². The molecule has 1 heterocycles. The number of hydrogen-bond acceptors (Lipinski definition) is 4. The topological polar surface area (TPSA) is 92.3 Å². The summed E-state index contributed by atoms with van der Waals surface area (Å²) in [4.78, 5) is 3.77. The van der Waals surface area contributed by atoms with Crippen LogP contribution in [0.25, 0.3) is 0 Å². The monoisotopic (exact) mass is 152 g/mol. The Hall–Kier alpha value is -1.72. The first-order valence-corrected chi connectivity index (χ1v) is 3.01. The number of aromatic amines is 1. The predicted octanol–water partition coefficient (Wildman–Crippen LogP) is -0.484. The fourth-order valence-corrected chi connectivity index (χ4v) is 0.496. The second-order valence-corrected chi connectivity index (χ2v) is 1.69. The van der Waals surface area contributed by atoms with Crippen molar-refractivity contribution in [3.8, 4) is 0 Å². The van der Waals surface area contributed by atoms with E-state index in [0.717, 1.165) is 0 Å². The van der Waals surface area contributed by atoms with Gasteiger partial charge in [0.25, 0.3) is 0 Å². The number of nitrogens with one attached hydrogen (secondary N) is 1. The van der Waals surface area contributed by atoms with Gasteiger partial charge in [-0.05, 0) is 6.92 Å². The van der Waals surface area contributed by atoms with E-state index in [0.29, 0.717) is 5.82 Å². The van der Waals surface area contributed by atoms with Crippen molar-refractivity contribution in [1.82, 2.24) is 15.2 Å². The van der Waals surface area contributed by atoms with Crippen LogP contribution in [0.15, 0.2) is 16.5 Å². The predicted molar refractivity (Wildman–Crippen MR) is 41.3 cm³/mol. The van der Waals surface area contributed by atoms with E-state index in [1.165, 1.54) is 12.5 Å². The molecule has 0 bridgehead atoms. The van der Waals surface area contributed by atoms with Gasteiger partial charge in [0.05, 0.1) is 0 Å². The molecule has 0 amide bonds. The molecule has 0 saturated carbocycles. The highest BCUT2D eigenvalue weighted by molar-refractivity contribution is 5.93. The van der Waals surface area contributed by atoms with Gasteiger partial charge in [0.15, 0.2) is 11.7 Å². The van der Waals surface area contributed by atoms with Gasteiger partial charge >= 0.3 is 0 Å². The van der Waals surface area contributed by atoms with Crippen LogP contribution >= 0.6 is 0 Å². The second-order valence-electron chi connectivity index (χ2n) is 1.69. The zero-order chi connectivity index (χ0) is 8.10. The molecule has 58 valence electrons. The number of aromatic nitrogens is 3. The summed E-state index contributed by atoms with van der Waals surface area (Å²) in [6, 6.07) is 0. The number of rotatable bonds is 2. The van der Waals surface area contributed by atoms with Crippen LogP contribution in [-0.2, 0) is 0 Å². The van der Waals surface area contributed by atoms with Crippen molar-refractivity contribution in [2.24, 2.45) is 15.9 Å². The molecule has 0 aromatic carbocycles. The van der Waals surface area contributed by atoms with Crippen molar-refractivity contribution in [2.75, 3.05) is 0 Å². The summed E-state index contributed by atoms with van der Waals surface area (Å²) in [5.41, 5.74) is 5.43. The van der Waals surface area contributed by atoms with E-state index in [4.69, 9.17) is 5.73 Å². The van der Waals surface area contributed by atoms with Gasteiger partial charge in [-0.1, -0.05) is 0 Å². The molecule has 11 heavy (non-hydrogen) atoms. The molecule has 0 aliphatic heterocycles. The van der Waals surface area contributed by atoms with Gasteiger partial charge in [0.2, 0.25) is 0 Å². The van der Waals surface area contributed by atoms with Gasteiger partial charge in [0.1, 0.15) is 6.33 Å². The molecule has 0 saturated heterocycles. The summed E-state index contributed by atoms with van der Waals surface area (Å²) < 4.78 is 0. The Morgan fingerprint density at radius 3 is 3.18 bits per heavy atom. The maximum atomic E-state index is 5.43. The smallest absolute Gasteiger partial charge is 0.192 e. The zero-order valence-electron chi connectivity index (χ0n) is 6.02. The minimum Gasteiger partial charge on any atom is -0.379 e. The molecule has 0 fully saturated rings. The Bertz CT molecular complexity index is 259. The average molecular weight is 152 g/mol. The Morgan fingerprint density at radius 2 is 2.64 bits per heavy atom. The molecule has 1 aromatic heterocycles. The molecule has 0 atom stereocenters. The van der Waals surface area contributed by atoms with Gasteiger partial charge in [-0.3, -0.25) is 5.10 Å². The molecule has 6 heteroatoms. The van der Waals surface area contributed by atoms with E-state index in [2.05, 4.69) is 25.4 Å². The number of hydrogen-bond donors (Lipinski definition) is 2. The highest BCUT2D eigenvalue weighted by Gasteiger charge is 1.98. The fraction of sp³-hybridized carbons (Fsp3) is 0.200. The maximum Gasteiger partial charge on any atom is 0.192 e. The van der Waals surface area contributed by atoms with E-state index in [-0.39, 0.29) is 5.84 Å². The molecule has 0 unspecified atom stereocenters. The summed E-state index contributed by atoms with van der Waals surface area (Å²) in [5.74, 6) is 0.649. The molecule has 6 nitrogen and oxygen atoms in total. The highest BCUT2D eigenvalue weighted by Crippen LogP contribution is 1.84. The standard InChI is InChI=1S/C5H8N6/c1-2-8-10-4(6)5-7-3-9-11-5/h2-3H,1H3,(H2,6,10)(H,7,9,11)/b8-2-. The number of nitrogens with zero attached hydrogens (tertiary/aromatic N) is 4. The summed E-state index contributed by atoms with van der Waals surface area (Å²) >= 11 is 0. The Morgan fingerprint density at radius 1 is 1.82 bits per heavy atom. The van der Waals surface area contributed by atoms with Crippen molar-refractivity contribution >= 4 is 12.1 Å². The molecule has 0 aliphatic carbocycles. The van der Waals surface area contributed by atoms with Crippen molar-refractivity contribution in [1.29, 1.82) is 0 Å². The lowest BCUT2D eigenvalue weighted by atomic mass is 10.6. The second kappa shape index (κ2) is 3.45. The van der Waals surface area contributed by atoms with Crippen LogP contribution < -0.4 is 5.73 Å². The first kappa shape index (κ1) is 7.39. The van der Waals surface area contributed by atoms with Gasteiger partial charge in [-0.15, -0.1) is 5.10 Å². The Labute approximate surface area is 63.2 Å². The molecule has 3 N–H and O–H groups in total. The van der Waals surface area contributed by atoms with Gasteiger partial charge in [-0.25, -0.2) is 4.98 Å². The van der Waals surface area contributed by atoms with Crippen LogP contribution in [0.1, 0.15) is 12.7 Å². The van der Waals surface area contributed by atoms with Crippen molar-refractivity contribution in [2.45, 2.75) is 6.92 Å². The number of amidine groups is 1. The summed E-state index contributed by atoms with van der Waals surface area (Å²) in [6.07, 6.45) is 2.89. The van der Waals surface area contributed by atoms with Crippen LogP contribution in [0.5, 0.6) is 0 Å². The summed E-state index contributed by atoms with van der Waals surface area (Å²) in [6.45, 7) is 1.75. The molecule has 1 rings (SSSR count). The van der Waals surface area contributed by atoms with Crippen molar-refractivity contribution < 1.29 is 0 Å². The van der Waals surface area contributed by atoms with Crippen LogP contribution in [0, 0.1) is 0 Å².